The van der Waals surface area contributed by atoms with Crippen molar-refractivity contribution in [3.8, 4) is 5.69 Å². The lowest BCUT2D eigenvalue weighted by molar-refractivity contribution is 0.185. The Balaban J connectivity index is 2.31. The maximum atomic E-state index is 5.99. The lowest BCUT2D eigenvalue weighted by Gasteiger charge is -2.13. The van der Waals surface area contributed by atoms with Crippen LogP contribution in [-0.2, 0) is 16.9 Å². The molecule has 5 nitrogen and oxygen atoms in total. The predicted octanol–water partition coefficient (Wildman–Crippen LogP) is 1.61. The minimum atomic E-state index is -0.484. The van der Waals surface area contributed by atoms with Crippen LogP contribution in [0.5, 0.6) is 0 Å². The third kappa shape index (κ3) is 2.75. The van der Waals surface area contributed by atoms with Gasteiger partial charge in [0, 0.05) is 7.11 Å². The molecule has 1 aromatic heterocycles. The van der Waals surface area contributed by atoms with Crippen LogP contribution < -0.4 is 5.73 Å². The first kappa shape index (κ1) is 12.7. The van der Waals surface area contributed by atoms with E-state index in [1.165, 1.54) is 0 Å². The van der Waals surface area contributed by atoms with Crippen molar-refractivity contribution in [1.29, 1.82) is 0 Å². The molecule has 0 atom stereocenters. The highest BCUT2D eigenvalue weighted by molar-refractivity contribution is 5.35. The van der Waals surface area contributed by atoms with Crippen molar-refractivity contribution in [3.05, 3.63) is 41.7 Å². The van der Waals surface area contributed by atoms with E-state index in [-0.39, 0.29) is 0 Å². The highest BCUT2D eigenvalue weighted by Crippen LogP contribution is 2.16. The highest BCUT2D eigenvalue weighted by Gasteiger charge is 2.18. The maximum Gasteiger partial charge on any atom is 0.102 e. The van der Waals surface area contributed by atoms with E-state index in [0.29, 0.717) is 6.61 Å². The minimum absolute atomic E-state index is 0.484. The smallest absolute Gasteiger partial charge is 0.102 e. The van der Waals surface area contributed by atoms with Crippen LogP contribution in [0.25, 0.3) is 5.69 Å². The van der Waals surface area contributed by atoms with E-state index in [1.54, 1.807) is 11.8 Å². The Morgan fingerprint density at radius 1 is 1.39 bits per heavy atom. The number of nitrogens with two attached hydrogens (primary N) is 1. The van der Waals surface area contributed by atoms with E-state index in [2.05, 4.69) is 10.3 Å². The summed E-state index contributed by atoms with van der Waals surface area (Å²) in [6.07, 6.45) is 1.85. The van der Waals surface area contributed by atoms with Gasteiger partial charge in [0.1, 0.15) is 5.69 Å². The number of methoxy groups -OCH3 is 1. The number of aromatic nitrogens is 3. The van der Waals surface area contributed by atoms with Gasteiger partial charge in [-0.15, -0.1) is 5.10 Å². The standard InChI is InChI=1S/C13H18N4O/c1-13(2,14)12-8-17(16-15-12)11-6-4-5-10(7-11)9-18-3/h4-8H,9,14H2,1-3H3. The Morgan fingerprint density at radius 2 is 2.17 bits per heavy atom. The van der Waals surface area contributed by atoms with Crippen LogP contribution >= 0.6 is 0 Å². The van der Waals surface area contributed by atoms with Crippen LogP contribution in [0.1, 0.15) is 25.1 Å². The first-order chi connectivity index (χ1) is 8.50. The molecule has 1 aromatic carbocycles. The largest absolute Gasteiger partial charge is 0.380 e. The van der Waals surface area contributed by atoms with E-state index in [0.717, 1.165) is 16.9 Å². The maximum absolute atomic E-state index is 5.99. The van der Waals surface area contributed by atoms with E-state index in [4.69, 9.17) is 10.5 Å². The molecule has 0 spiro atoms. The van der Waals surface area contributed by atoms with Gasteiger partial charge in [-0.2, -0.15) is 0 Å². The van der Waals surface area contributed by atoms with Gasteiger partial charge in [-0.3, -0.25) is 0 Å². The van der Waals surface area contributed by atoms with Crippen molar-refractivity contribution >= 4 is 0 Å². The zero-order chi connectivity index (χ0) is 13.2. The molecule has 0 amide bonds. The Hall–Kier alpha value is -1.72. The van der Waals surface area contributed by atoms with Crippen molar-refractivity contribution in [2.24, 2.45) is 5.73 Å². The Morgan fingerprint density at radius 3 is 2.78 bits per heavy atom. The van der Waals surface area contributed by atoms with E-state index in [1.807, 2.05) is 44.3 Å². The monoisotopic (exact) mass is 246 g/mol. The Bertz CT molecular complexity index is 528. The summed E-state index contributed by atoms with van der Waals surface area (Å²) in [5.74, 6) is 0. The number of rotatable bonds is 4. The fourth-order valence-electron chi connectivity index (χ4n) is 1.64. The second-order valence-corrected chi connectivity index (χ2v) is 4.87. The molecule has 18 heavy (non-hydrogen) atoms. The van der Waals surface area contributed by atoms with Crippen molar-refractivity contribution in [1.82, 2.24) is 15.0 Å². The van der Waals surface area contributed by atoms with E-state index < -0.39 is 5.54 Å². The average molecular weight is 246 g/mol. The fourth-order valence-corrected chi connectivity index (χ4v) is 1.64. The van der Waals surface area contributed by atoms with Crippen molar-refractivity contribution < 1.29 is 4.74 Å². The molecular weight excluding hydrogens is 228 g/mol. The minimum Gasteiger partial charge on any atom is -0.380 e. The summed E-state index contributed by atoms with van der Waals surface area (Å²) >= 11 is 0. The van der Waals surface area contributed by atoms with Crippen LogP contribution in [0, 0.1) is 0 Å². The summed E-state index contributed by atoms with van der Waals surface area (Å²) in [5.41, 5.74) is 8.32. The van der Waals surface area contributed by atoms with Gasteiger partial charge >= 0.3 is 0 Å². The SMILES string of the molecule is COCc1cccc(-n2cc(C(C)(C)N)nn2)c1. The molecule has 0 saturated carbocycles. The van der Waals surface area contributed by atoms with Gasteiger partial charge in [0.2, 0.25) is 0 Å². The van der Waals surface area contributed by atoms with Gasteiger partial charge in [-0.25, -0.2) is 4.68 Å². The normalized spacial score (nSPS) is 11.8. The third-order valence-electron chi connectivity index (χ3n) is 2.64. The summed E-state index contributed by atoms with van der Waals surface area (Å²) in [4.78, 5) is 0. The molecule has 1 heterocycles. The number of hydrogen-bond acceptors (Lipinski definition) is 4. The highest BCUT2D eigenvalue weighted by atomic mass is 16.5. The molecule has 0 aliphatic rings. The molecule has 0 aliphatic carbocycles. The summed E-state index contributed by atoms with van der Waals surface area (Å²) in [7, 11) is 1.68. The molecule has 0 fully saturated rings. The third-order valence-corrected chi connectivity index (χ3v) is 2.64. The fraction of sp³-hybridized carbons (Fsp3) is 0.385. The Labute approximate surface area is 107 Å². The molecule has 2 rings (SSSR count). The topological polar surface area (TPSA) is 66.0 Å². The summed E-state index contributed by atoms with van der Waals surface area (Å²) < 4.78 is 6.84. The molecule has 0 radical (unpaired) electrons. The van der Waals surface area contributed by atoms with Gasteiger partial charge < -0.3 is 10.5 Å². The summed E-state index contributed by atoms with van der Waals surface area (Å²) in [6.45, 7) is 4.39. The first-order valence-corrected chi connectivity index (χ1v) is 5.80. The molecule has 0 aliphatic heterocycles. The van der Waals surface area contributed by atoms with Gasteiger partial charge in [0.05, 0.1) is 24.0 Å². The predicted molar refractivity (Wildman–Crippen MR) is 69.3 cm³/mol. The van der Waals surface area contributed by atoms with Gasteiger partial charge in [0.25, 0.3) is 0 Å². The number of ether oxygens (including phenoxy) is 1. The van der Waals surface area contributed by atoms with Crippen molar-refractivity contribution in [2.75, 3.05) is 7.11 Å². The average Bonchev–Trinajstić information content (AvgIpc) is 2.78. The van der Waals surface area contributed by atoms with Gasteiger partial charge in [-0.05, 0) is 31.5 Å². The van der Waals surface area contributed by atoms with E-state index in [9.17, 15) is 0 Å². The Kier molecular flexibility index (Phi) is 3.45. The number of hydrogen-bond donors (Lipinski definition) is 1. The van der Waals surface area contributed by atoms with Gasteiger partial charge in [0.15, 0.2) is 0 Å². The molecule has 0 unspecified atom stereocenters. The van der Waals surface area contributed by atoms with Gasteiger partial charge in [-0.1, -0.05) is 17.3 Å². The zero-order valence-corrected chi connectivity index (χ0v) is 10.9. The lowest BCUT2D eigenvalue weighted by Crippen LogP contribution is -2.29. The molecule has 0 saturated heterocycles. The van der Waals surface area contributed by atoms with Crippen LogP contribution in [0.4, 0.5) is 0 Å². The lowest BCUT2D eigenvalue weighted by atomic mass is 10.0. The molecule has 0 bridgehead atoms. The van der Waals surface area contributed by atoms with Crippen LogP contribution in [0.3, 0.4) is 0 Å². The van der Waals surface area contributed by atoms with E-state index >= 15 is 0 Å². The van der Waals surface area contributed by atoms with Crippen molar-refractivity contribution in [2.45, 2.75) is 26.0 Å². The van der Waals surface area contributed by atoms with Crippen LogP contribution in [0.2, 0.25) is 0 Å². The molecule has 5 heteroatoms. The zero-order valence-electron chi connectivity index (χ0n) is 10.9. The summed E-state index contributed by atoms with van der Waals surface area (Å²) in [6, 6.07) is 7.98. The first-order valence-electron chi connectivity index (χ1n) is 5.80. The molecule has 2 aromatic rings. The quantitative estimate of drug-likeness (QED) is 0.890. The van der Waals surface area contributed by atoms with Crippen LogP contribution in [-0.4, -0.2) is 22.1 Å². The second-order valence-electron chi connectivity index (χ2n) is 4.87. The van der Waals surface area contributed by atoms with Crippen LogP contribution in [0.15, 0.2) is 30.5 Å². The molecular formula is C13H18N4O. The van der Waals surface area contributed by atoms with Crippen molar-refractivity contribution in [3.63, 3.8) is 0 Å². The molecule has 2 N–H and O–H groups in total. The second kappa shape index (κ2) is 4.88. The number of nitrogens with zero attached hydrogens (tertiary/aromatic N) is 3. The number of benzene rings is 1. The summed E-state index contributed by atoms with van der Waals surface area (Å²) in [5, 5.41) is 8.20. The molecule has 96 valence electrons.